The van der Waals surface area contributed by atoms with E-state index in [-0.39, 0.29) is 5.91 Å². The number of hydrogen-bond donors (Lipinski definition) is 1. The standard InChI is InChI=1S/C25H29N3O2/c26-24(29)19-7-4-17(5-8-19)14-18-6-9-23-20(15-18)10-13-28(25(23)30)22-11-12-27(16-22)21-2-1-3-21/h4-9,15,21-22H,1-3,10-14,16H2,(H2,26,29). The molecule has 5 rings (SSSR count). The number of likely N-dealkylation sites (tertiary alicyclic amines) is 1. The Morgan fingerprint density at radius 2 is 1.73 bits per heavy atom. The van der Waals surface area contributed by atoms with Gasteiger partial charge in [0.15, 0.2) is 0 Å². The zero-order chi connectivity index (χ0) is 20.7. The van der Waals surface area contributed by atoms with Crippen molar-refractivity contribution in [3.63, 3.8) is 0 Å². The molecule has 5 nitrogen and oxygen atoms in total. The number of nitrogens with two attached hydrogens (primary N) is 1. The summed E-state index contributed by atoms with van der Waals surface area (Å²) in [5, 5.41) is 0. The van der Waals surface area contributed by atoms with Crippen LogP contribution in [0.1, 0.15) is 63.1 Å². The van der Waals surface area contributed by atoms with Crippen molar-refractivity contribution >= 4 is 11.8 Å². The van der Waals surface area contributed by atoms with Crippen LogP contribution in [0.15, 0.2) is 42.5 Å². The Hall–Kier alpha value is -2.66. The van der Waals surface area contributed by atoms with Gasteiger partial charge in [-0.15, -0.1) is 0 Å². The van der Waals surface area contributed by atoms with Crippen LogP contribution < -0.4 is 5.73 Å². The molecule has 2 amide bonds. The quantitative estimate of drug-likeness (QED) is 0.835. The van der Waals surface area contributed by atoms with E-state index in [4.69, 9.17) is 5.73 Å². The average molecular weight is 404 g/mol. The summed E-state index contributed by atoms with van der Waals surface area (Å²) < 4.78 is 0. The number of hydrogen-bond acceptors (Lipinski definition) is 3. The van der Waals surface area contributed by atoms with Gasteiger partial charge in [0, 0.05) is 42.8 Å². The molecule has 0 radical (unpaired) electrons. The summed E-state index contributed by atoms with van der Waals surface area (Å²) in [6.45, 7) is 3.01. The molecule has 2 fully saturated rings. The summed E-state index contributed by atoms with van der Waals surface area (Å²) >= 11 is 0. The van der Waals surface area contributed by atoms with Gasteiger partial charge in [0.05, 0.1) is 0 Å². The first-order chi connectivity index (χ1) is 14.6. The highest BCUT2D eigenvalue weighted by Gasteiger charge is 2.37. The summed E-state index contributed by atoms with van der Waals surface area (Å²) in [6.07, 6.45) is 6.84. The first-order valence-electron chi connectivity index (χ1n) is 11.1. The molecule has 1 saturated carbocycles. The number of amides is 2. The van der Waals surface area contributed by atoms with Gasteiger partial charge < -0.3 is 10.6 Å². The Balaban J connectivity index is 1.27. The van der Waals surface area contributed by atoms with Crippen molar-refractivity contribution in [3.05, 3.63) is 70.3 Å². The molecule has 1 aliphatic carbocycles. The van der Waals surface area contributed by atoms with Gasteiger partial charge >= 0.3 is 0 Å². The maximum atomic E-state index is 13.2. The van der Waals surface area contributed by atoms with Crippen molar-refractivity contribution in [1.29, 1.82) is 0 Å². The third-order valence-electron chi connectivity index (χ3n) is 7.16. The molecule has 2 N–H and O–H groups in total. The Kier molecular flexibility index (Phi) is 5.07. The maximum absolute atomic E-state index is 13.2. The Morgan fingerprint density at radius 1 is 0.967 bits per heavy atom. The topological polar surface area (TPSA) is 66.6 Å². The van der Waals surface area contributed by atoms with Crippen LogP contribution in [0.5, 0.6) is 0 Å². The lowest BCUT2D eigenvalue weighted by molar-refractivity contribution is 0.0646. The van der Waals surface area contributed by atoms with Gasteiger partial charge in [-0.2, -0.15) is 0 Å². The van der Waals surface area contributed by atoms with Gasteiger partial charge in [-0.05, 0) is 67.0 Å². The van der Waals surface area contributed by atoms with Crippen LogP contribution in [0.3, 0.4) is 0 Å². The number of primary amides is 1. The monoisotopic (exact) mass is 403 g/mol. The molecule has 2 aromatic rings. The second kappa shape index (κ2) is 7.88. The number of rotatable bonds is 5. The van der Waals surface area contributed by atoms with E-state index < -0.39 is 5.91 Å². The van der Waals surface area contributed by atoms with Gasteiger partial charge in [0.25, 0.3) is 5.91 Å². The minimum atomic E-state index is -0.406. The number of carbonyl (C=O) groups is 2. The third kappa shape index (κ3) is 3.63. The summed E-state index contributed by atoms with van der Waals surface area (Å²) in [5.41, 5.74) is 10.2. The highest BCUT2D eigenvalue weighted by Crippen LogP contribution is 2.31. The van der Waals surface area contributed by atoms with Crippen LogP contribution in [0.4, 0.5) is 0 Å². The number of fused-ring (bicyclic) bond motifs is 1. The maximum Gasteiger partial charge on any atom is 0.254 e. The number of carbonyl (C=O) groups excluding carboxylic acids is 2. The van der Waals surface area contributed by atoms with Gasteiger partial charge in [-0.3, -0.25) is 14.5 Å². The average Bonchev–Trinajstić information content (AvgIpc) is 3.16. The zero-order valence-electron chi connectivity index (χ0n) is 17.3. The zero-order valence-corrected chi connectivity index (χ0v) is 17.3. The molecule has 1 atom stereocenters. The minimum absolute atomic E-state index is 0.203. The summed E-state index contributed by atoms with van der Waals surface area (Å²) in [5.74, 6) is -0.203. The van der Waals surface area contributed by atoms with Gasteiger partial charge in [0.1, 0.15) is 0 Å². The Morgan fingerprint density at radius 3 is 2.43 bits per heavy atom. The Bertz CT molecular complexity index is 965. The van der Waals surface area contributed by atoms with E-state index in [0.717, 1.165) is 61.6 Å². The molecule has 3 aliphatic rings. The highest BCUT2D eigenvalue weighted by atomic mass is 16.2. The molecule has 2 aliphatic heterocycles. The minimum Gasteiger partial charge on any atom is -0.366 e. The van der Waals surface area contributed by atoms with E-state index in [1.54, 1.807) is 12.1 Å². The van der Waals surface area contributed by atoms with Crippen LogP contribution in [-0.4, -0.2) is 53.3 Å². The summed E-state index contributed by atoms with van der Waals surface area (Å²) in [4.78, 5) is 29.2. The molecular weight excluding hydrogens is 374 g/mol. The van der Waals surface area contributed by atoms with Crippen molar-refractivity contribution in [2.24, 2.45) is 5.73 Å². The van der Waals surface area contributed by atoms with E-state index in [2.05, 4.69) is 21.9 Å². The smallest absolute Gasteiger partial charge is 0.254 e. The van der Waals surface area contributed by atoms with Crippen molar-refractivity contribution in [2.45, 2.75) is 50.6 Å². The SMILES string of the molecule is NC(=O)c1ccc(Cc2ccc3c(c2)CCN(C2CCN(C4CCC4)C2)C3=O)cc1. The van der Waals surface area contributed by atoms with E-state index in [1.165, 1.54) is 24.8 Å². The highest BCUT2D eigenvalue weighted by molar-refractivity contribution is 5.97. The second-order valence-electron chi connectivity index (χ2n) is 9.00. The molecule has 2 aromatic carbocycles. The lowest BCUT2D eigenvalue weighted by atomic mass is 9.92. The first kappa shape index (κ1) is 19.3. The van der Waals surface area contributed by atoms with E-state index >= 15 is 0 Å². The van der Waals surface area contributed by atoms with Crippen LogP contribution in [0.2, 0.25) is 0 Å². The van der Waals surface area contributed by atoms with E-state index in [0.29, 0.717) is 11.6 Å². The van der Waals surface area contributed by atoms with Gasteiger partial charge in [0.2, 0.25) is 5.91 Å². The van der Waals surface area contributed by atoms with E-state index in [1.807, 2.05) is 18.2 Å². The van der Waals surface area contributed by atoms with Crippen LogP contribution in [0, 0.1) is 0 Å². The lowest BCUT2D eigenvalue weighted by Crippen LogP contribution is -2.47. The predicted octanol–water partition coefficient (Wildman–Crippen LogP) is 3.00. The molecule has 0 bridgehead atoms. The van der Waals surface area contributed by atoms with Crippen molar-refractivity contribution in [3.8, 4) is 0 Å². The fraction of sp³-hybridized carbons (Fsp3) is 0.440. The largest absolute Gasteiger partial charge is 0.366 e. The van der Waals surface area contributed by atoms with Crippen LogP contribution in [0.25, 0.3) is 0 Å². The molecule has 5 heteroatoms. The Labute approximate surface area is 177 Å². The molecule has 1 unspecified atom stereocenters. The van der Waals surface area contributed by atoms with Gasteiger partial charge in [-0.1, -0.05) is 30.7 Å². The molecule has 1 saturated heterocycles. The van der Waals surface area contributed by atoms with Crippen LogP contribution >= 0.6 is 0 Å². The number of benzene rings is 2. The molecule has 156 valence electrons. The fourth-order valence-corrected chi connectivity index (χ4v) is 5.15. The molecular formula is C25H29N3O2. The van der Waals surface area contributed by atoms with Crippen LogP contribution in [-0.2, 0) is 12.8 Å². The van der Waals surface area contributed by atoms with Gasteiger partial charge in [-0.25, -0.2) is 0 Å². The fourth-order valence-electron chi connectivity index (χ4n) is 5.15. The first-order valence-corrected chi connectivity index (χ1v) is 11.1. The third-order valence-corrected chi connectivity index (χ3v) is 7.16. The second-order valence-corrected chi connectivity index (χ2v) is 9.00. The molecule has 2 heterocycles. The molecule has 0 spiro atoms. The van der Waals surface area contributed by atoms with Crippen molar-refractivity contribution in [1.82, 2.24) is 9.80 Å². The normalized spacial score (nSPS) is 22.1. The van der Waals surface area contributed by atoms with Crippen molar-refractivity contribution < 1.29 is 9.59 Å². The van der Waals surface area contributed by atoms with E-state index in [9.17, 15) is 9.59 Å². The van der Waals surface area contributed by atoms with Crippen molar-refractivity contribution in [2.75, 3.05) is 19.6 Å². The number of nitrogens with zero attached hydrogens (tertiary/aromatic N) is 2. The predicted molar refractivity (Wildman–Crippen MR) is 117 cm³/mol. The molecule has 0 aromatic heterocycles. The lowest BCUT2D eigenvalue weighted by Gasteiger charge is -2.37. The molecule has 30 heavy (non-hydrogen) atoms. The summed E-state index contributed by atoms with van der Waals surface area (Å²) in [6, 6.07) is 14.8. The summed E-state index contributed by atoms with van der Waals surface area (Å²) in [7, 11) is 0.